The minimum Gasteiger partial charge on any atom is -0.389 e. The number of aryl methyl sites for hydroxylation is 1. The van der Waals surface area contributed by atoms with Gasteiger partial charge >= 0.3 is 0 Å². The SMILES string of the molecule is Cc1ccc(C(F)F)cc1C(C)O. The Labute approximate surface area is 76.0 Å². The van der Waals surface area contributed by atoms with Crippen LogP contribution in [0.5, 0.6) is 0 Å². The van der Waals surface area contributed by atoms with Crippen molar-refractivity contribution in [1.82, 2.24) is 0 Å². The summed E-state index contributed by atoms with van der Waals surface area (Å²) < 4.78 is 24.5. The molecule has 0 amide bonds. The van der Waals surface area contributed by atoms with E-state index in [1.807, 2.05) is 0 Å². The first kappa shape index (κ1) is 10.1. The van der Waals surface area contributed by atoms with Crippen LogP contribution in [0.25, 0.3) is 0 Å². The molecule has 0 aliphatic heterocycles. The Bertz CT molecular complexity index is 295. The van der Waals surface area contributed by atoms with E-state index < -0.39 is 12.5 Å². The third kappa shape index (κ3) is 2.25. The molecular formula is C10H12F2O. The molecule has 0 bridgehead atoms. The van der Waals surface area contributed by atoms with Gasteiger partial charge in [-0.05, 0) is 31.0 Å². The Kier molecular flexibility index (Phi) is 2.98. The molecule has 1 rings (SSSR count). The molecule has 0 radical (unpaired) electrons. The van der Waals surface area contributed by atoms with Crippen molar-refractivity contribution in [3.8, 4) is 0 Å². The maximum absolute atomic E-state index is 12.3. The second-order valence-electron chi connectivity index (χ2n) is 3.09. The largest absolute Gasteiger partial charge is 0.389 e. The van der Waals surface area contributed by atoms with E-state index in [4.69, 9.17) is 0 Å². The molecule has 1 nitrogen and oxygen atoms in total. The molecule has 0 saturated heterocycles. The van der Waals surface area contributed by atoms with Crippen molar-refractivity contribution in [2.75, 3.05) is 0 Å². The quantitative estimate of drug-likeness (QED) is 0.752. The Hall–Kier alpha value is -0.960. The highest BCUT2D eigenvalue weighted by molar-refractivity contribution is 5.32. The van der Waals surface area contributed by atoms with Crippen molar-refractivity contribution < 1.29 is 13.9 Å². The third-order valence-corrected chi connectivity index (χ3v) is 2.01. The van der Waals surface area contributed by atoms with Crippen LogP contribution in [0.3, 0.4) is 0 Å². The molecule has 1 atom stereocenters. The lowest BCUT2D eigenvalue weighted by molar-refractivity contribution is 0.150. The molecule has 13 heavy (non-hydrogen) atoms. The Morgan fingerprint density at radius 2 is 1.92 bits per heavy atom. The molecule has 72 valence electrons. The van der Waals surface area contributed by atoms with Gasteiger partial charge in [0.15, 0.2) is 0 Å². The summed E-state index contributed by atoms with van der Waals surface area (Å²) in [5.74, 6) is 0. The zero-order valence-electron chi connectivity index (χ0n) is 7.59. The van der Waals surface area contributed by atoms with E-state index in [2.05, 4.69) is 0 Å². The fourth-order valence-corrected chi connectivity index (χ4v) is 1.24. The van der Waals surface area contributed by atoms with E-state index in [9.17, 15) is 13.9 Å². The summed E-state index contributed by atoms with van der Waals surface area (Å²) >= 11 is 0. The fraction of sp³-hybridized carbons (Fsp3) is 0.400. The lowest BCUT2D eigenvalue weighted by Crippen LogP contribution is -1.97. The number of aliphatic hydroxyl groups excluding tert-OH is 1. The topological polar surface area (TPSA) is 20.2 Å². The van der Waals surface area contributed by atoms with Crippen LogP contribution >= 0.6 is 0 Å². The molecule has 1 unspecified atom stereocenters. The normalized spacial score (nSPS) is 13.4. The minimum absolute atomic E-state index is 0.0403. The average molecular weight is 186 g/mol. The van der Waals surface area contributed by atoms with Crippen molar-refractivity contribution >= 4 is 0 Å². The first-order chi connectivity index (χ1) is 6.02. The molecule has 0 aromatic heterocycles. The highest BCUT2D eigenvalue weighted by Crippen LogP contribution is 2.24. The van der Waals surface area contributed by atoms with Gasteiger partial charge in [-0.1, -0.05) is 12.1 Å². The molecule has 0 fully saturated rings. The smallest absolute Gasteiger partial charge is 0.263 e. The monoisotopic (exact) mass is 186 g/mol. The van der Waals surface area contributed by atoms with Crippen LogP contribution in [0.15, 0.2) is 18.2 Å². The van der Waals surface area contributed by atoms with Crippen LogP contribution in [0.4, 0.5) is 8.78 Å². The lowest BCUT2D eigenvalue weighted by atomic mass is 10.0. The highest BCUT2D eigenvalue weighted by atomic mass is 19.3. The van der Waals surface area contributed by atoms with E-state index >= 15 is 0 Å². The molecule has 1 N–H and O–H groups in total. The number of rotatable bonds is 2. The van der Waals surface area contributed by atoms with Gasteiger partial charge in [-0.3, -0.25) is 0 Å². The zero-order valence-corrected chi connectivity index (χ0v) is 7.59. The number of hydrogen-bond donors (Lipinski definition) is 1. The number of hydrogen-bond acceptors (Lipinski definition) is 1. The van der Waals surface area contributed by atoms with Crippen LogP contribution in [-0.2, 0) is 0 Å². The van der Waals surface area contributed by atoms with Crippen LogP contribution in [0, 0.1) is 6.92 Å². The molecule has 0 spiro atoms. The molecular weight excluding hydrogens is 174 g/mol. The minimum atomic E-state index is -2.47. The second-order valence-corrected chi connectivity index (χ2v) is 3.09. The first-order valence-corrected chi connectivity index (χ1v) is 4.09. The number of halogens is 2. The number of benzene rings is 1. The summed E-state index contributed by atoms with van der Waals surface area (Å²) in [5.41, 5.74) is 1.36. The van der Waals surface area contributed by atoms with E-state index in [0.717, 1.165) is 5.56 Å². The summed E-state index contributed by atoms with van der Waals surface area (Å²) in [6, 6.07) is 4.33. The van der Waals surface area contributed by atoms with Crippen LogP contribution in [0.2, 0.25) is 0 Å². The van der Waals surface area contributed by atoms with Crippen LogP contribution in [-0.4, -0.2) is 5.11 Å². The molecule has 0 heterocycles. The van der Waals surface area contributed by atoms with Gasteiger partial charge in [0.25, 0.3) is 6.43 Å². The van der Waals surface area contributed by atoms with E-state index in [-0.39, 0.29) is 5.56 Å². The first-order valence-electron chi connectivity index (χ1n) is 4.09. The molecule has 0 aliphatic carbocycles. The van der Waals surface area contributed by atoms with E-state index in [1.54, 1.807) is 19.9 Å². The van der Waals surface area contributed by atoms with Crippen LogP contribution in [0.1, 0.15) is 36.1 Å². The molecule has 1 aromatic rings. The number of aliphatic hydroxyl groups is 1. The van der Waals surface area contributed by atoms with Gasteiger partial charge in [0.05, 0.1) is 6.10 Å². The zero-order chi connectivity index (χ0) is 10.0. The fourth-order valence-electron chi connectivity index (χ4n) is 1.24. The van der Waals surface area contributed by atoms with Crippen molar-refractivity contribution in [3.05, 3.63) is 34.9 Å². The van der Waals surface area contributed by atoms with Crippen LogP contribution < -0.4 is 0 Å². The molecule has 3 heteroatoms. The third-order valence-electron chi connectivity index (χ3n) is 2.01. The Morgan fingerprint density at radius 1 is 1.31 bits per heavy atom. The van der Waals surface area contributed by atoms with Gasteiger partial charge in [-0.2, -0.15) is 0 Å². The van der Waals surface area contributed by atoms with Gasteiger partial charge in [-0.15, -0.1) is 0 Å². The summed E-state index contributed by atoms with van der Waals surface area (Å²) in [4.78, 5) is 0. The van der Waals surface area contributed by atoms with Gasteiger partial charge < -0.3 is 5.11 Å². The summed E-state index contributed by atoms with van der Waals surface area (Å²) in [5, 5.41) is 9.27. The Morgan fingerprint density at radius 3 is 2.38 bits per heavy atom. The predicted molar refractivity (Wildman–Crippen MR) is 46.8 cm³/mol. The molecule has 0 aliphatic rings. The molecule has 1 aromatic carbocycles. The lowest BCUT2D eigenvalue weighted by Gasteiger charge is -2.10. The molecule has 0 saturated carbocycles. The van der Waals surface area contributed by atoms with Gasteiger partial charge in [0.2, 0.25) is 0 Å². The number of alkyl halides is 2. The summed E-state index contributed by atoms with van der Waals surface area (Å²) in [6.45, 7) is 3.36. The predicted octanol–water partition coefficient (Wildman–Crippen LogP) is 2.99. The average Bonchev–Trinajstić information content (AvgIpc) is 2.04. The van der Waals surface area contributed by atoms with Crippen molar-refractivity contribution in [3.63, 3.8) is 0 Å². The van der Waals surface area contributed by atoms with Gasteiger partial charge in [-0.25, -0.2) is 8.78 Å². The summed E-state index contributed by atoms with van der Waals surface area (Å²) in [6.07, 6.45) is -3.17. The maximum Gasteiger partial charge on any atom is 0.263 e. The summed E-state index contributed by atoms with van der Waals surface area (Å²) in [7, 11) is 0. The van der Waals surface area contributed by atoms with E-state index in [1.165, 1.54) is 12.1 Å². The van der Waals surface area contributed by atoms with Crippen molar-refractivity contribution in [2.24, 2.45) is 0 Å². The van der Waals surface area contributed by atoms with Crippen molar-refractivity contribution in [2.45, 2.75) is 26.4 Å². The second kappa shape index (κ2) is 3.83. The maximum atomic E-state index is 12.3. The Balaban J connectivity index is 3.11. The van der Waals surface area contributed by atoms with Gasteiger partial charge in [0, 0.05) is 5.56 Å². The van der Waals surface area contributed by atoms with Crippen molar-refractivity contribution in [1.29, 1.82) is 0 Å². The van der Waals surface area contributed by atoms with E-state index in [0.29, 0.717) is 5.56 Å². The highest BCUT2D eigenvalue weighted by Gasteiger charge is 2.11. The standard InChI is InChI=1S/C10H12F2O/c1-6-3-4-8(10(11)12)5-9(6)7(2)13/h3-5,7,10,13H,1-2H3. The van der Waals surface area contributed by atoms with Gasteiger partial charge in [0.1, 0.15) is 0 Å².